The van der Waals surface area contributed by atoms with E-state index in [0.717, 1.165) is 5.69 Å². The van der Waals surface area contributed by atoms with Crippen LogP contribution in [0, 0.1) is 0 Å². The van der Waals surface area contributed by atoms with Crippen molar-refractivity contribution in [3.05, 3.63) is 54.1 Å². The van der Waals surface area contributed by atoms with Crippen molar-refractivity contribution in [2.24, 2.45) is 12.8 Å². The number of ether oxygens (including phenoxy) is 1. The topological polar surface area (TPSA) is 191 Å². The van der Waals surface area contributed by atoms with Crippen LogP contribution in [0.4, 0.5) is 17.4 Å². The van der Waals surface area contributed by atoms with Crippen LogP contribution in [-0.4, -0.2) is 60.7 Å². The van der Waals surface area contributed by atoms with Gasteiger partial charge in [0, 0.05) is 44.0 Å². The molecular weight excluding hydrogens is 529 g/mol. The number of oxazole rings is 1. The number of pyridine rings is 1. The van der Waals surface area contributed by atoms with Crippen LogP contribution in [0.2, 0.25) is 0 Å². The predicted molar refractivity (Wildman–Crippen MR) is 141 cm³/mol. The van der Waals surface area contributed by atoms with Gasteiger partial charge in [-0.2, -0.15) is 10.1 Å². The van der Waals surface area contributed by atoms with Gasteiger partial charge in [-0.15, -0.1) is 0 Å². The summed E-state index contributed by atoms with van der Waals surface area (Å²) in [6, 6.07) is 9.17. The average molecular weight is 558 g/mol. The molecule has 0 radical (unpaired) electrons. The zero-order valence-corrected chi connectivity index (χ0v) is 22.3. The molecule has 1 amide bonds. The van der Waals surface area contributed by atoms with Gasteiger partial charge in [0.05, 0.1) is 17.6 Å². The summed E-state index contributed by atoms with van der Waals surface area (Å²) in [5.41, 5.74) is 7.63. The second kappa shape index (κ2) is 9.97. The summed E-state index contributed by atoms with van der Waals surface area (Å²) in [5.74, 6) is -0.133. The van der Waals surface area contributed by atoms with Crippen molar-refractivity contribution in [1.82, 2.24) is 19.7 Å². The minimum absolute atomic E-state index is 0.0562. The van der Waals surface area contributed by atoms with Crippen LogP contribution in [0.15, 0.2) is 47.1 Å². The highest BCUT2D eigenvalue weighted by molar-refractivity contribution is 7.46. The molecule has 206 valence electrons. The average Bonchev–Trinajstić information content (AvgIpc) is 3.41. The maximum absolute atomic E-state index is 12.1. The molecule has 0 unspecified atom stereocenters. The summed E-state index contributed by atoms with van der Waals surface area (Å²) in [6.45, 7) is 4.12. The molecule has 1 aromatic carbocycles. The monoisotopic (exact) mass is 557 g/mol. The van der Waals surface area contributed by atoms with E-state index in [2.05, 4.69) is 20.4 Å². The van der Waals surface area contributed by atoms with Crippen molar-refractivity contribution in [2.45, 2.75) is 25.4 Å². The maximum atomic E-state index is 12.1. The molecule has 4 heterocycles. The number of benzene rings is 1. The van der Waals surface area contributed by atoms with Gasteiger partial charge in [-0.1, -0.05) is 0 Å². The van der Waals surface area contributed by atoms with Crippen LogP contribution in [0.1, 0.15) is 35.9 Å². The van der Waals surface area contributed by atoms with Gasteiger partial charge in [-0.3, -0.25) is 14.0 Å². The van der Waals surface area contributed by atoms with E-state index in [-0.39, 0.29) is 18.2 Å². The lowest BCUT2D eigenvalue weighted by Gasteiger charge is -2.37. The van der Waals surface area contributed by atoms with Crippen molar-refractivity contribution in [3.8, 4) is 5.75 Å². The Labute approximate surface area is 223 Å². The number of carbonyl (C=O) groups is 1. The number of aromatic nitrogens is 4. The number of anilines is 3. The Bertz CT molecular complexity index is 1570. The lowest BCUT2D eigenvalue weighted by atomic mass is 9.96. The van der Waals surface area contributed by atoms with E-state index in [4.69, 9.17) is 29.2 Å². The van der Waals surface area contributed by atoms with E-state index in [0.29, 0.717) is 47.3 Å². The molecule has 5 rings (SSSR count). The van der Waals surface area contributed by atoms with E-state index in [9.17, 15) is 9.36 Å². The number of nitrogens with one attached hydrogen (secondary N) is 1. The van der Waals surface area contributed by atoms with Crippen LogP contribution >= 0.6 is 7.82 Å². The van der Waals surface area contributed by atoms with Crippen molar-refractivity contribution in [2.75, 3.05) is 29.9 Å². The fraction of sp³-hybridized carbons (Fsp3) is 0.333. The summed E-state index contributed by atoms with van der Waals surface area (Å²) in [4.78, 5) is 41.2. The summed E-state index contributed by atoms with van der Waals surface area (Å²) in [7, 11) is -2.86. The molecule has 1 aliphatic heterocycles. The molecule has 0 aliphatic carbocycles. The number of phosphoric ester groups is 1. The summed E-state index contributed by atoms with van der Waals surface area (Å²) in [6.07, 6.45) is 3.42. The number of aryl methyl sites for hydroxylation is 1. The summed E-state index contributed by atoms with van der Waals surface area (Å²) in [5, 5.41) is 7.23. The lowest BCUT2D eigenvalue weighted by molar-refractivity contribution is 0.0240. The molecule has 5 N–H and O–H groups in total. The van der Waals surface area contributed by atoms with Gasteiger partial charge >= 0.3 is 7.82 Å². The zero-order valence-electron chi connectivity index (χ0n) is 21.4. The first-order valence-corrected chi connectivity index (χ1v) is 13.5. The highest BCUT2D eigenvalue weighted by Gasteiger charge is 2.33. The van der Waals surface area contributed by atoms with E-state index < -0.39 is 19.3 Å². The number of rotatable bonds is 10. The highest BCUT2D eigenvalue weighted by atomic mass is 31.2. The molecule has 15 heteroatoms. The molecule has 3 aromatic heterocycles. The molecule has 0 saturated carbocycles. The van der Waals surface area contributed by atoms with Gasteiger partial charge in [0.1, 0.15) is 23.5 Å². The lowest BCUT2D eigenvalue weighted by Crippen LogP contribution is -2.45. The third-order valence-electron chi connectivity index (χ3n) is 6.01. The summed E-state index contributed by atoms with van der Waals surface area (Å²) >= 11 is 0. The molecule has 0 atom stereocenters. The predicted octanol–water partition coefficient (Wildman–Crippen LogP) is 2.67. The van der Waals surface area contributed by atoms with Gasteiger partial charge in [0.2, 0.25) is 0 Å². The smallest absolute Gasteiger partial charge is 0.470 e. The second-order valence-electron chi connectivity index (χ2n) is 9.88. The summed E-state index contributed by atoms with van der Waals surface area (Å²) < 4.78 is 29.1. The Morgan fingerprint density at radius 1 is 1.26 bits per heavy atom. The van der Waals surface area contributed by atoms with Crippen LogP contribution in [-0.2, 0) is 16.1 Å². The van der Waals surface area contributed by atoms with Crippen molar-refractivity contribution >= 4 is 42.2 Å². The van der Waals surface area contributed by atoms with E-state index in [1.807, 2.05) is 11.0 Å². The van der Waals surface area contributed by atoms with Gasteiger partial charge in [0.15, 0.2) is 11.3 Å². The number of phosphoric acid groups is 1. The number of nitrogens with two attached hydrogens (primary N) is 1. The van der Waals surface area contributed by atoms with Gasteiger partial charge in [-0.25, -0.2) is 9.55 Å². The highest BCUT2D eigenvalue weighted by Crippen LogP contribution is 2.41. The number of primary amides is 1. The number of hydrogen-bond acceptors (Lipinski definition) is 10. The van der Waals surface area contributed by atoms with Crippen LogP contribution in [0.3, 0.4) is 0 Å². The van der Waals surface area contributed by atoms with Crippen LogP contribution < -0.4 is 20.7 Å². The fourth-order valence-electron chi connectivity index (χ4n) is 4.18. The molecule has 39 heavy (non-hydrogen) atoms. The molecule has 1 fully saturated rings. The third-order valence-corrected chi connectivity index (χ3v) is 6.74. The molecule has 0 spiro atoms. The Morgan fingerprint density at radius 3 is 2.69 bits per heavy atom. The van der Waals surface area contributed by atoms with E-state index >= 15 is 0 Å². The Balaban J connectivity index is 1.24. The maximum Gasteiger partial charge on any atom is 0.470 e. The standard InChI is InChI=1S/C24H28N7O7P/c1-24(2,38-39(33,34)35)13-36-16-4-5-18-20(8-16)37-23(29-18)31-10-14(11-31)17-6-7-19(21(28-17)22(25)32)27-15-9-26-30(3)12-15/h4-9,12,14,27H,10-11,13H2,1-3H3,(H2,25,32)(H2,33,34,35). The molecule has 1 saturated heterocycles. The number of nitrogens with zero attached hydrogens (tertiary/aromatic N) is 5. The second-order valence-corrected chi connectivity index (χ2v) is 11.0. The fourth-order valence-corrected chi connectivity index (χ4v) is 4.87. The first-order chi connectivity index (χ1) is 18.3. The van der Waals surface area contributed by atoms with E-state index in [1.165, 1.54) is 13.8 Å². The van der Waals surface area contributed by atoms with Crippen molar-refractivity contribution in [3.63, 3.8) is 0 Å². The third kappa shape index (κ3) is 6.20. The number of amides is 1. The minimum atomic E-state index is -4.65. The van der Waals surface area contributed by atoms with E-state index in [1.54, 1.807) is 48.4 Å². The number of hydrogen-bond donors (Lipinski definition) is 4. The van der Waals surface area contributed by atoms with Crippen molar-refractivity contribution < 1.29 is 32.8 Å². The normalized spacial score (nSPS) is 14.4. The zero-order chi connectivity index (χ0) is 27.9. The first kappa shape index (κ1) is 26.6. The van der Waals surface area contributed by atoms with Crippen LogP contribution in [0.25, 0.3) is 11.1 Å². The largest absolute Gasteiger partial charge is 0.490 e. The quantitative estimate of drug-likeness (QED) is 0.209. The molecule has 1 aliphatic rings. The van der Waals surface area contributed by atoms with Gasteiger partial charge in [-0.05, 0) is 38.1 Å². The number of fused-ring (bicyclic) bond motifs is 1. The molecular formula is C24H28N7O7P. The van der Waals surface area contributed by atoms with Crippen LogP contribution in [0.5, 0.6) is 5.75 Å². The first-order valence-electron chi connectivity index (χ1n) is 12.0. The van der Waals surface area contributed by atoms with Gasteiger partial charge < -0.3 is 34.9 Å². The Morgan fingerprint density at radius 2 is 2.03 bits per heavy atom. The Hall–Kier alpha value is -3.97. The Kier molecular flexibility index (Phi) is 6.81. The SMILES string of the molecule is Cn1cc(Nc2ccc(C3CN(c4nc5ccc(OCC(C)(C)OP(=O)(O)O)cc5o4)C3)nc2C(N)=O)cn1. The van der Waals surface area contributed by atoms with Gasteiger partial charge in [0.25, 0.3) is 11.9 Å². The molecule has 0 bridgehead atoms. The molecule has 4 aromatic rings. The molecule has 14 nitrogen and oxygen atoms in total. The number of carbonyl (C=O) groups excluding carboxylic acids is 1. The minimum Gasteiger partial charge on any atom is -0.490 e. The van der Waals surface area contributed by atoms with Crippen molar-refractivity contribution in [1.29, 1.82) is 0 Å².